The molecule has 0 aromatic carbocycles. The van der Waals surface area contributed by atoms with Crippen LogP contribution in [0.15, 0.2) is 0 Å². The molecule has 3 saturated carbocycles. The second-order valence-corrected chi connectivity index (χ2v) is 9.04. The van der Waals surface area contributed by atoms with Crippen LogP contribution in [0.4, 0.5) is 0 Å². The number of piperidine rings is 1. The van der Waals surface area contributed by atoms with E-state index in [-0.39, 0.29) is 12.4 Å². The first kappa shape index (κ1) is 16.6. The summed E-state index contributed by atoms with van der Waals surface area (Å²) in [4.78, 5) is 12.7. The van der Waals surface area contributed by atoms with Gasteiger partial charge in [-0.15, -0.1) is 12.4 Å². The molecule has 0 aromatic heterocycles. The van der Waals surface area contributed by atoms with Crippen molar-refractivity contribution in [2.45, 2.75) is 65.3 Å². The minimum absolute atomic E-state index is 0. The van der Waals surface area contributed by atoms with Gasteiger partial charge < -0.3 is 10.6 Å². The molecule has 126 valence electrons. The van der Waals surface area contributed by atoms with E-state index < -0.39 is 0 Å². The van der Waals surface area contributed by atoms with E-state index in [0.29, 0.717) is 34.1 Å². The van der Waals surface area contributed by atoms with Crippen LogP contribution in [-0.4, -0.2) is 25.0 Å². The second-order valence-electron chi connectivity index (χ2n) is 9.04. The lowest BCUT2D eigenvalue weighted by molar-refractivity contribution is -0.125. The molecule has 3 nitrogen and oxygen atoms in total. The number of halogens is 1. The predicted octanol–water partition coefficient (Wildman–Crippen LogP) is 3.13. The molecule has 4 aliphatic rings. The summed E-state index contributed by atoms with van der Waals surface area (Å²) in [7, 11) is 0. The van der Waals surface area contributed by atoms with Crippen LogP contribution in [0.1, 0.15) is 59.3 Å². The SMILES string of the molecule is CC1(C)C2CCC1(C)C(NC(=O)C1CC13CCNCC3)C2.Cl. The van der Waals surface area contributed by atoms with Crippen LogP contribution in [0.3, 0.4) is 0 Å². The van der Waals surface area contributed by atoms with Crippen LogP contribution < -0.4 is 10.6 Å². The van der Waals surface area contributed by atoms with E-state index in [1.54, 1.807) is 0 Å². The third-order valence-corrected chi connectivity index (χ3v) is 8.22. The van der Waals surface area contributed by atoms with Gasteiger partial charge in [0.25, 0.3) is 0 Å². The average Bonchev–Trinajstić information content (AvgIpc) is 3.04. The van der Waals surface area contributed by atoms with Crippen molar-refractivity contribution >= 4 is 18.3 Å². The fourth-order valence-corrected chi connectivity index (χ4v) is 5.89. The molecule has 1 heterocycles. The summed E-state index contributed by atoms with van der Waals surface area (Å²) < 4.78 is 0. The molecule has 2 bridgehead atoms. The van der Waals surface area contributed by atoms with Gasteiger partial charge in [0.2, 0.25) is 5.91 Å². The smallest absolute Gasteiger partial charge is 0.223 e. The summed E-state index contributed by atoms with van der Waals surface area (Å²) in [6, 6.07) is 0.415. The number of amides is 1. The largest absolute Gasteiger partial charge is 0.353 e. The minimum Gasteiger partial charge on any atom is -0.353 e. The van der Waals surface area contributed by atoms with Gasteiger partial charge in [-0.3, -0.25) is 4.79 Å². The molecule has 2 N–H and O–H groups in total. The van der Waals surface area contributed by atoms with Crippen LogP contribution in [0.5, 0.6) is 0 Å². The van der Waals surface area contributed by atoms with E-state index in [1.165, 1.54) is 32.1 Å². The molecule has 1 amide bonds. The minimum atomic E-state index is 0. The van der Waals surface area contributed by atoms with Gasteiger partial charge >= 0.3 is 0 Å². The Hall–Kier alpha value is -0.280. The second kappa shape index (κ2) is 5.11. The average molecular weight is 327 g/mol. The van der Waals surface area contributed by atoms with Gasteiger partial charge in [-0.25, -0.2) is 0 Å². The fourth-order valence-electron chi connectivity index (χ4n) is 5.89. The first-order chi connectivity index (χ1) is 9.89. The van der Waals surface area contributed by atoms with Crippen molar-refractivity contribution < 1.29 is 4.79 Å². The van der Waals surface area contributed by atoms with Crippen LogP contribution in [0.2, 0.25) is 0 Å². The summed E-state index contributed by atoms with van der Waals surface area (Å²) in [6.45, 7) is 9.45. The Morgan fingerprint density at radius 3 is 2.36 bits per heavy atom. The Labute approximate surface area is 140 Å². The molecule has 1 aliphatic heterocycles. The zero-order valence-electron chi connectivity index (χ0n) is 14.2. The number of fused-ring (bicyclic) bond motifs is 2. The molecule has 0 radical (unpaired) electrons. The van der Waals surface area contributed by atoms with Crippen molar-refractivity contribution in [1.29, 1.82) is 0 Å². The maximum atomic E-state index is 12.7. The third kappa shape index (κ3) is 2.07. The van der Waals surface area contributed by atoms with Gasteiger partial charge in [-0.05, 0) is 73.8 Å². The number of hydrogen-bond acceptors (Lipinski definition) is 2. The fraction of sp³-hybridized carbons (Fsp3) is 0.944. The lowest BCUT2D eigenvalue weighted by atomic mass is 9.69. The molecule has 0 aromatic rings. The summed E-state index contributed by atoms with van der Waals surface area (Å²) >= 11 is 0. The Kier molecular flexibility index (Phi) is 3.85. The van der Waals surface area contributed by atoms with Crippen molar-refractivity contribution in [1.82, 2.24) is 10.6 Å². The van der Waals surface area contributed by atoms with Crippen molar-refractivity contribution in [3.63, 3.8) is 0 Å². The molecular formula is C18H31ClN2O. The van der Waals surface area contributed by atoms with Gasteiger partial charge in [0.1, 0.15) is 0 Å². The van der Waals surface area contributed by atoms with Gasteiger partial charge in [0.15, 0.2) is 0 Å². The predicted molar refractivity (Wildman–Crippen MR) is 91.1 cm³/mol. The lowest BCUT2D eigenvalue weighted by Crippen LogP contribution is -2.48. The Bertz CT molecular complexity index is 472. The Morgan fingerprint density at radius 1 is 1.14 bits per heavy atom. The Balaban J connectivity index is 0.00000144. The highest BCUT2D eigenvalue weighted by molar-refractivity contribution is 5.85. The van der Waals surface area contributed by atoms with Crippen molar-refractivity contribution in [3.05, 3.63) is 0 Å². The number of rotatable bonds is 2. The van der Waals surface area contributed by atoms with Gasteiger partial charge in [-0.2, -0.15) is 0 Å². The van der Waals surface area contributed by atoms with Crippen molar-refractivity contribution in [2.75, 3.05) is 13.1 Å². The maximum Gasteiger partial charge on any atom is 0.223 e. The summed E-state index contributed by atoms with van der Waals surface area (Å²) in [6.07, 6.45) is 7.37. The number of carbonyl (C=O) groups is 1. The topological polar surface area (TPSA) is 41.1 Å². The van der Waals surface area contributed by atoms with Crippen LogP contribution in [-0.2, 0) is 4.79 Å². The quantitative estimate of drug-likeness (QED) is 0.818. The lowest BCUT2D eigenvalue weighted by Gasteiger charge is -2.39. The highest BCUT2D eigenvalue weighted by Crippen LogP contribution is 2.66. The maximum absolute atomic E-state index is 12.7. The number of nitrogens with one attached hydrogen (secondary N) is 2. The van der Waals surface area contributed by atoms with Gasteiger partial charge in [0.05, 0.1) is 0 Å². The van der Waals surface area contributed by atoms with Crippen molar-refractivity contribution in [3.8, 4) is 0 Å². The normalized spacial score (nSPS) is 43.7. The van der Waals surface area contributed by atoms with Crippen LogP contribution in [0.25, 0.3) is 0 Å². The molecule has 4 atom stereocenters. The summed E-state index contributed by atoms with van der Waals surface area (Å²) in [5.41, 5.74) is 1.06. The summed E-state index contributed by atoms with van der Waals surface area (Å²) in [5.74, 6) is 1.48. The van der Waals surface area contributed by atoms with E-state index in [4.69, 9.17) is 0 Å². The summed E-state index contributed by atoms with van der Waals surface area (Å²) in [5, 5.41) is 6.90. The monoisotopic (exact) mass is 326 g/mol. The first-order valence-corrected chi connectivity index (χ1v) is 8.90. The molecule has 4 fully saturated rings. The van der Waals surface area contributed by atoms with E-state index in [2.05, 4.69) is 31.4 Å². The first-order valence-electron chi connectivity index (χ1n) is 8.90. The van der Waals surface area contributed by atoms with E-state index in [9.17, 15) is 4.79 Å². The zero-order chi connectivity index (χ0) is 14.9. The van der Waals surface area contributed by atoms with Gasteiger partial charge in [-0.1, -0.05) is 20.8 Å². The molecule has 4 heteroatoms. The number of carbonyl (C=O) groups excluding carboxylic acids is 1. The molecule has 1 spiro atoms. The van der Waals surface area contributed by atoms with Crippen LogP contribution >= 0.6 is 12.4 Å². The van der Waals surface area contributed by atoms with Gasteiger partial charge in [0, 0.05) is 12.0 Å². The molecular weight excluding hydrogens is 296 g/mol. The number of hydrogen-bond donors (Lipinski definition) is 2. The zero-order valence-corrected chi connectivity index (χ0v) is 15.0. The Morgan fingerprint density at radius 2 is 1.82 bits per heavy atom. The molecule has 4 unspecified atom stereocenters. The molecule has 4 rings (SSSR count). The third-order valence-electron chi connectivity index (χ3n) is 8.22. The molecule has 22 heavy (non-hydrogen) atoms. The highest BCUT2D eigenvalue weighted by atomic mass is 35.5. The standard InChI is InChI=1S/C18H30N2O.ClH/c1-16(2)12-4-5-17(16,3)14(10-12)20-15(21)13-11-18(13)6-8-19-9-7-18;/h12-14,19H,4-11H2,1-3H3,(H,20,21);1H. The molecule has 1 saturated heterocycles. The molecule has 3 aliphatic carbocycles. The van der Waals surface area contributed by atoms with E-state index in [1.807, 2.05) is 0 Å². The van der Waals surface area contributed by atoms with Crippen LogP contribution in [0, 0.1) is 28.1 Å². The highest BCUT2D eigenvalue weighted by Gasteiger charge is 2.63. The van der Waals surface area contributed by atoms with Crippen molar-refractivity contribution in [2.24, 2.45) is 28.1 Å². The van der Waals surface area contributed by atoms with E-state index >= 15 is 0 Å². The van der Waals surface area contributed by atoms with E-state index in [0.717, 1.165) is 25.4 Å².